The van der Waals surface area contributed by atoms with Gasteiger partial charge in [-0.05, 0) is 25.3 Å². The molecular formula is C20H21F3N6O. The SMILES string of the molecule is Cc1cnn(C)c1C1CCN(c2cc(N3CC(=O)C3)nc(C(F)(F)F)c2C#N)CC1. The summed E-state index contributed by atoms with van der Waals surface area (Å²) in [6.07, 6.45) is -1.46. The highest BCUT2D eigenvalue weighted by atomic mass is 19.4. The zero-order valence-electron chi connectivity index (χ0n) is 16.7. The molecule has 10 heteroatoms. The zero-order valence-corrected chi connectivity index (χ0v) is 16.7. The fourth-order valence-corrected chi connectivity index (χ4v) is 4.32. The van der Waals surface area contributed by atoms with Gasteiger partial charge in [0, 0.05) is 37.8 Å². The second-order valence-electron chi connectivity index (χ2n) is 7.83. The van der Waals surface area contributed by atoms with Crippen molar-refractivity contribution < 1.29 is 18.0 Å². The summed E-state index contributed by atoms with van der Waals surface area (Å²) in [5.41, 5.74) is 0.811. The molecule has 0 N–H and O–H groups in total. The van der Waals surface area contributed by atoms with E-state index >= 15 is 0 Å². The van der Waals surface area contributed by atoms with Crippen LogP contribution < -0.4 is 9.80 Å². The number of nitriles is 1. The summed E-state index contributed by atoms with van der Waals surface area (Å²) >= 11 is 0. The average molecular weight is 418 g/mol. The number of hydrogen-bond donors (Lipinski definition) is 0. The first-order valence-corrected chi connectivity index (χ1v) is 9.71. The molecule has 0 bridgehead atoms. The monoisotopic (exact) mass is 418 g/mol. The van der Waals surface area contributed by atoms with E-state index in [4.69, 9.17) is 0 Å². The number of aromatic nitrogens is 3. The summed E-state index contributed by atoms with van der Waals surface area (Å²) in [6.45, 7) is 3.11. The maximum absolute atomic E-state index is 13.6. The Kier molecular flexibility index (Phi) is 4.92. The number of rotatable bonds is 3. The molecule has 0 aromatic carbocycles. The van der Waals surface area contributed by atoms with Crippen LogP contribution in [0.15, 0.2) is 12.3 Å². The Bertz CT molecular complexity index is 1000. The Hall–Kier alpha value is -3.09. The van der Waals surface area contributed by atoms with Gasteiger partial charge in [-0.2, -0.15) is 23.5 Å². The minimum Gasteiger partial charge on any atom is -0.370 e. The number of pyridine rings is 1. The van der Waals surface area contributed by atoms with Crippen molar-refractivity contribution in [3.05, 3.63) is 34.8 Å². The number of nitrogens with zero attached hydrogens (tertiary/aromatic N) is 6. The standard InChI is InChI=1S/C20H21F3N6O/c1-12-9-25-27(2)18(12)13-3-5-28(6-4-13)16-7-17(29-10-14(30)11-29)26-19(15(16)8-24)20(21,22)23/h7,9,13H,3-6,10-11H2,1-2H3. The summed E-state index contributed by atoms with van der Waals surface area (Å²) in [5.74, 6) is 0.292. The third-order valence-electron chi connectivity index (χ3n) is 5.82. The largest absolute Gasteiger partial charge is 0.434 e. The van der Waals surface area contributed by atoms with Gasteiger partial charge in [-0.3, -0.25) is 9.48 Å². The first-order valence-electron chi connectivity index (χ1n) is 9.71. The lowest BCUT2D eigenvalue weighted by Gasteiger charge is -2.36. The molecule has 2 fully saturated rings. The summed E-state index contributed by atoms with van der Waals surface area (Å²) in [6, 6.07) is 3.22. The van der Waals surface area contributed by atoms with Crippen LogP contribution in [0.4, 0.5) is 24.7 Å². The highest BCUT2D eigenvalue weighted by molar-refractivity contribution is 5.95. The van der Waals surface area contributed by atoms with E-state index in [9.17, 15) is 23.2 Å². The molecule has 0 spiro atoms. The van der Waals surface area contributed by atoms with E-state index in [-0.39, 0.29) is 36.3 Å². The van der Waals surface area contributed by atoms with E-state index in [2.05, 4.69) is 10.1 Å². The summed E-state index contributed by atoms with van der Waals surface area (Å²) in [5, 5.41) is 13.8. The van der Waals surface area contributed by atoms with Crippen LogP contribution in [-0.4, -0.2) is 46.7 Å². The fourth-order valence-electron chi connectivity index (χ4n) is 4.32. The number of carbonyl (C=O) groups is 1. The van der Waals surface area contributed by atoms with Gasteiger partial charge in [-0.15, -0.1) is 0 Å². The van der Waals surface area contributed by atoms with Gasteiger partial charge < -0.3 is 9.80 Å². The maximum atomic E-state index is 13.6. The van der Waals surface area contributed by atoms with Gasteiger partial charge in [-0.1, -0.05) is 0 Å². The fraction of sp³-hybridized carbons (Fsp3) is 0.500. The number of Topliss-reactive ketones (excluding diaryl/α,β-unsaturated/α-hetero) is 1. The number of hydrogen-bond acceptors (Lipinski definition) is 6. The Labute approximate surface area is 171 Å². The predicted molar refractivity (Wildman–Crippen MR) is 103 cm³/mol. The molecule has 0 radical (unpaired) electrons. The molecule has 7 nitrogen and oxygen atoms in total. The van der Waals surface area contributed by atoms with E-state index in [1.807, 2.05) is 29.7 Å². The third kappa shape index (κ3) is 3.49. The molecule has 2 saturated heterocycles. The first kappa shape index (κ1) is 20.2. The smallest absolute Gasteiger partial charge is 0.370 e. The topological polar surface area (TPSA) is 78.1 Å². The lowest BCUT2D eigenvalue weighted by Crippen LogP contribution is -2.48. The van der Waals surface area contributed by atoms with Crippen molar-refractivity contribution in [1.29, 1.82) is 5.26 Å². The Balaban J connectivity index is 1.66. The predicted octanol–water partition coefficient (Wildman–Crippen LogP) is 2.79. The number of anilines is 2. The third-order valence-corrected chi connectivity index (χ3v) is 5.82. The van der Waals surface area contributed by atoms with Crippen molar-refractivity contribution in [2.24, 2.45) is 7.05 Å². The average Bonchev–Trinajstić information content (AvgIpc) is 3.02. The van der Waals surface area contributed by atoms with Crippen LogP contribution in [0.25, 0.3) is 0 Å². The number of carbonyl (C=O) groups excluding carboxylic acids is 1. The molecule has 158 valence electrons. The molecule has 0 amide bonds. The van der Waals surface area contributed by atoms with Crippen molar-refractivity contribution in [2.45, 2.75) is 31.9 Å². The van der Waals surface area contributed by atoms with E-state index < -0.39 is 17.4 Å². The Morgan fingerprint density at radius 3 is 2.37 bits per heavy atom. The van der Waals surface area contributed by atoms with Gasteiger partial charge in [0.2, 0.25) is 0 Å². The molecule has 0 atom stereocenters. The van der Waals surface area contributed by atoms with Crippen LogP contribution in [0, 0.1) is 18.3 Å². The lowest BCUT2D eigenvalue weighted by molar-refractivity contribution is -0.141. The quantitative estimate of drug-likeness (QED) is 0.763. The highest BCUT2D eigenvalue weighted by Gasteiger charge is 2.40. The van der Waals surface area contributed by atoms with Crippen molar-refractivity contribution in [2.75, 3.05) is 36.0 Å². The van der Waals surface area contributed by atoms with E-state index in [1.54, 1.807) is 6.07 Å². The summed E-state index contributed by atoms with van der Waals surface area (Å²) in [4.78, 5) is 18.3. The highest BCUT2D eigenvalue weighted by Crippen LogP contribution is 2.39. The van der Waals surface area contributed by atoms with E-state index in [0.29, 0.717) is 13.1 Å². The number of halogens is 3. The van der Waals surface area contributed by atoms with E-state index in [1.165, 1.54) is 11.0 Å². The second-order valence-corrected chi connectivity index (χ2v) is 7.83. The van der Waals surface area contributed by atoms with Crippen LogP contribution >= 0.6 is 0 Å². The molecule has 4 rings (SSSR count). The lowest BCUT2D eigenvalue weighted by atomic mass is 9.91. The van der Waals surface area contributed by atoms with Crippen LogP contribution in [-0.2, 0) is 18.0 Å². The van der Waals surface area contributed by atoms with Crippen molar-refractivity contribution >= 4 is 17.3 Å². The van der Waals surface area contributed by atoms with Gasteiger partial charge in [0.25, 0.3) is 0 Å². The molecule has 2 aromatic heterocycles. The molecule has 0 unspecified atom stereocenters. The van der Waals surface area contributed by atoms with Gasteiger partial charge in [-0.25, -0.2) is 4.98 Å². The molecule has 30 heavy (non-hydrogen) atoms. The van der Waals surface area contributed by atoms with Crippen LogP contribution in [0.5, 0.6) is 0 Å². The van der Waals surface area contributed by atoms with Crippen molar-refractivity contribution in [1.82, 2.24) is 14.8 Å². The molecule has 2 aromatic rings. The molecule has 2 aliphatic heterocycles. The van der Waals surface area contributed by atoms with Crippen LogP contribution in [0.2, 0.25) is 0 Å². The molecule has 0 aliphatic carbocycles. The second kappa shape index (κ2) is 7.31. The van der Waals surface area contributed by atoms with Gasteiger partial charge in [0.1, 0.15) is 17.5 Å². The van der Waals surface area contributed by atoms with Gasteiger partial charge in [0.15, 0.2) is 11.5 Å². The first-order chi connectivity index (χ1) is 14.2. The molecule has 2 aliphatic rings. The van der Waals surface area contributed by atoms with Gasteiger partial charge in [0.05, 0.1) is 25.0 Å². The zero-order chi connectivity index (χ0) is 21.6. The van der Waals surface area contributed by atoms with Crippen LogP contribution in [0.1, 0.15) is 41.3 Å². The number of piperidine rings is 1. The number of ketones is 1. The van der Waals surface area contributed by atoms with Crippen LogP contribution in [0.3, 0.4) is 0 Å². The normalized spacial score (nSPS) is 17.8. The summed E-state index contributed by atoms with van der Waals surface area (Å²) < 4.78 is 42.8. The number of alkyl halides is 3. The summed E-state index contributed by atoms with van der Waals surface area (Å²) in [7, 11) is 1.89. The Morgan fingerprint density at radius 2 is 1.87 bits per heavy atom. The molecule has 0 saturated carbocycles. The molecular weight excluding hydrogens is 397 g/mol. The van der Waals surface area contributed by atoms with E-state index in [0.717, 1.165) is 24.1 Å². The minimum atomic E-state index is -4.76. The van der Waals surface area contributed by atoms with Gasteiger partial charge >= 0.3 is 6.18 Å². The van der Waals surface area contributed by atoms with Crippen molar-refractivity contribution in [3.63, 3.8) is 0 Å². The Morgan fingerprint density at radius 1 is 1.20 bits per heavy atom. The minimum absolute atomic E-state index is 0.0392. The maximum Gasteiger partial charge on any atom is 0.434 e. The molecule has 4 heterocycles. The van der Waals surface area contributed by atoms with Crippen molar-refractivity contribution in [3.8, 4) is 6.07 Å². The number of aryl methyl sites for hydroxylation is 2.